The number of fused-ring (bicyclic) bond motifs is 2. The maximum atomic E-state index is 12.5. The summed E-state index contributed by atoms with van der Waals surface area (Å²) in [5.74, 6) is 5.14. The van der Waals surface area contributed by atoms with Crippen molar-refractivity contribution in [1.82, 2.24) is 4.90 Å². The van der Waals surface area contributed by atoms with Crippen LogP contribution in [0.1, 0.15) is 23.2 Å². The summed E-state index contributed by atoms with van der Waals surface area (Å²) in [5, 5.41) is 10.9. The lowest BCUT2D eigenvalue weighted by atomic mass is 10.1. The van der Waals surface area contributed by atoms with E-state index in [4.69, 9.17) is 10.6 Å². The molecule has 3 rings (SSSR count). The molecule has 2 aliphatic heterocycles. The van der Waals surface area contributed by atoms with Crippen molar-refractivity contribution >= 4 is 17.3 Å². The van der Waals surface area contributed by atoms with Crippen LogP contribution in [0.25, 0.3) is 0 Å². The molecule has 8 nitrogen and oxygen atoms in total. The number of nitrogens with two attached hydrogens (primary N) is 1. The topological polar surface area (TPSA) is 111 Å². The van der Waals surface area contributed by atoms with Crippen molar-refractivity contribution < 1.29 is 14.5 Å². The van der Waals surface area contributed by atoms with E-state index in [2.05, 4.69) is 5.43 Å². The fraction of sp³-hybridized carbons (Fsp3) is 0.462. The van der Waals surface area contributed by atoms with Crippen LogP contribution >= 0.6 is 0 Å². The van der Waals surface area contributed by atoms with Gasteiger partial charge in [-0.25, -0.2) is 0 Å². The number of nitrogens with one attached hydrogen (secondary N) is 1. The van der Waals surface area contributed by atoms with E-state index in [1.54, 1.807) is 4.90 Å². The zero-order valence-corrected chi connectivity index (χ0v) is 11.3. The van der Waals surface area contributed by atoms with Gasteiger partial charge in [0.25, 0.3) is 11.6 Å². The number of nitrogens with zero attached hydrogens (tertiary/aromatic N) is 2. The van der Waals surface area contributed by atoms with E-state index in [1.165, 1.54) is 18.2 Å². The van der Waals surface area contributed by atoms with Crippen LogP contribution in [-0.4, -0.2) is 41.0 Å². The van der Waals surface area contributed by atoms with Gasteiger partial charge < -0.3 is 15.1 Å². The number of anilines is 1. The molecule has 3 N–H and O–H groups in total. The van der Waals surface area contributed by atoms with Gasteiger partial charge in [-0.3, -0.25) is 20.8 Å². The Hall–Kier alpha value is -2.19. The van der Waals surface area contributed by atoms with Crippen molar-refractivity contribution in [2.45, 2.75) is 25.0 Å². The lowest BCUT2D eigenvalue weighted by Gasteiger charge is -2.32. The second-order valence-electron chi connectivity index (χ2n) is 5.30. The number of likely N-dealkylation sites (tertiary alicyclic amines) is 1. The number of nitro benzene ring substituents is 1. The molecule has 112 valence electrons. The van der Waals surface area contributed by atoms with Crippen LogP contribution in [0.2, 0.25) is 0 Å². The van der Waals surface area contributed by atoms with E-state index in [0.717, 1.165) is 12.8 Å². The Balaban J connectivity index is 1.83. The van der Waals surface area contributed by atoms with Crippen LogP contribution in [-0.2, 0) is 4.74 Å². The number of hydrogen-bond acceptors (Lipinski definition) is 6. The fourth-order valence-electron chi connectivity index (χ4n) is 2.91. The second-order valence-corrected chi connectivity index (χ2v) is 5.30. The summed E-state index contributed by atoms with van der Waals surface area (Å²) < 4.78 is 5.69. The fourth-order valence-corrected chi connectivity index (χ4v) is 2.91. The Kier molecular flexibility index (Phi) is 3.48. The largest absolute Gasteiger partial charge is 0.371 e. The quantitative estimate of drug-likeness (QED) is 0.486. The number of hydrazine groups is 1. The number of nitro groups is 1. The molecule has 2 heterocycles. The number of carbonyl (C=O) groups is 1. The number of benzene rings is 1. The average molecular weight is 292 g/mol. The third kappa shape index (κ3) is 2.55. The third-order valence-electron chi connectivity index (χ3n) is 3.93. The molecule has 2 unspecified atom stereocenters. The molecule has 0 spiro atoms. The van der Waals surface area contributed by atoms with E-state index in [0.29, 0.717) is 18.7 Å². The number of carbonyl (C=O) groups excluding carboxylic acids is 1. The smallest absolute Gasteiger partial charge is 0.293 e. The lowest BCUT2D eigenvalue weighted by molar-refractivity contribution is -0.384. The maximum Gasteiger partial charge on any atom is 0.293 e. The van der Waals surface area contributed by atoms with E-state index >= 15 is 0 Å². The molecule has 1 aromatic carbocycles. The summed E-state index contributed by atoms with van der Waals surface area (Å²) in [6.45, 7) is 1.13. The highest BCUT2D eigenvalue weighted by molar-refractivity contribution is 5.96. The highest BCUT2D eigenvalue weighted by Gasteiger charge is 2.36. The number of ether oxygens (including phenoxy) is 1. The van der Waals surface area contributed by atoms with Crippen LogP contribution in [0.4, 0.5) is 11.4 Å². The molecule has 0 saturated carbocycles. The highest BCUT2D eigenvalue weighted by atomic mass is 16.6. The second kappa shape index (κ2) is 5.30. The Morgan fingerprint density at radius 2 is 2.05 bits per heavy atom. The SMILES string of the molecule is NNc1cc(C(=O)N2CC3CCC(C2)O3)ccc1[N+](=O)[O-]. The highest BCUT2D eigenvalue weighted by Crippen LogP contribution is 2.29. The molecule has 8 heteroatoms. The van der Waals surface area contributed by atoms with Crippen LogP contribution in [0.3, 0.4) is 0 Å². The zero-order valence-electron chi connectivity index (χ0n) is 11.3. The van der Waals surface area contributed by atoms with Gasteiger partial charge in [-0.1, -0.05) is 0 Å². The molecular weight excluding hydrogens is 276 g/mol. The van der Waals surface area contributed by atoms with E-state index in [-0.39, 0.29) is 29.5 Å². The van der Waals surface area contributed by atoms with Gasteiger partial charge in [0.2, 0.25) is 0 Å². The molecule has 2 bridgehead atoms. The molecule has 0 aromatic heterocycles. The number of hydrogen-bond donors (Lipinski definition) is 2. The first-order valence-corrected chi connectivity index (χ1v) is 6.78. The molecule has 0 radical (unpaired) electrons. The van der Waals surface area contributed by atoms with Gasteiger partial charge >= 0.3 is 0 Å². The molecule has 21 heavy (non-hydrogen) atoms. The first kappa shape index (κ1) is 13.8. The van der Waals surface area contributed by atoms with Gasteiger partial charge in [0.1, 0.15) is 5.69 Å². The third-order valence-corrected chi connectivity index (χ3v) is 3.93. The van der Waals surface area contributed by atoms with Crippen LogP contribution in [0, 0.1) is 10.1 Å². The standard InChI is InChI=1S/C13H16N4O4/c14-15-11-5-8(1-4-12(11)17(19)20)13(18)16-6-9-2-3-10(7-16)21-9/h1,4-5,9-10,15H,2-3,6-7,14H2. The van der Waals surface area contributed by atoms with Crippen molar-refractivity contribution in [2.24, 2.45) is 5.84 Å². The van der Waals surface area contributed by atoms with Crippen LogP contribution in [0.5, 0.6) is 0 Å². The van der Waals surface area contributed by atoms with Gasteiger partial charge in [-0.05, 0) is 25.0 Å². The minimum atomic E-state index is -0.543. The number of amides is 1. The molecular formula is C13H16N4O4. The molecule has 1 amide bonds. The van der Waals surface area contributed by atoms with Crippen molar-refractivity contribution in [1.29, 1.82) is 0 Å². The Labute approximate surface area is 121 Å². The molecule has 1 aromatic rings. The lowest BCUT2D eigenvalue weighted by Crippen LogP contribution is -2.45. The first-order chi connectivity index (χ1) is 10.1. The normalized spacial score (nSPS) is 24.0. The summed E-state index contributed by atoms with van der Waals surface area (Å²) in [6.07, 6.45) is 2.17. The number of rotatable bonds is 3. The van der Waals surface area contributed by atoms with E-state index in [9.17, 15) is 14.9 Å². The van der Waals surface area contributed by atoms with E-state index in [1.807, 2.05) is 0 Å². The van der Waals surface area contributed by atoms with Crippen LogP contribution in [0.15, 0.2) is 18.2 Å². The van der Waals surface area contributed by atoms with Crippen molar-refractivity contribution in [3.8, 4) is 0 Å². The van der Waals surface area contributed by atoms with Gasteiger partial charge in [-0.2, -0.15) is 0 Å². The minimum Gasteiger partial charge on any atom is -0.371 e. The first-order valence-electron chi connectivity index (χ1n) is 6.78. The predicted molar refractivity (Wildman–Crippen MR) is 74.7 cm³/mol. The summed E-state index contributed by atoms with van der Waals surface area (Å²) in [6, 6.07) is 4.16. The van der Waals surface area contributed by atoms with Crippen molar-refractivity contribution in [2.75, 3.05) is 18.5 Å². The molecule has 2 aliphatic rings. The molecule has 2 atom stereocenters. The summed E-state index contributed by atoms with van der Waals surface area (Å²) >= 11 is 0. The van der Waals surface area contributed by atoms with Crippen molar-refractivity contribution in [3.63, 3.8) is 0 Å². The van der Waals surface area contributed by atoms with Gasteiger partial charge in [-0.15, -0.1) is 0 Å². The van der Waals surface area contributed by atoms with Crippen molar-refractivity contribution in [3.05, 3.63) is 33.9 Å². The average Bonchev–Trinajstić information content (AvgIpc) is 2.84. The number of morpholine rings is 1. The van der Waals surface area contributed by atoms with Crippen LogP contribution < -0.4 is 11.3 Å². The number of nitrogen functional groups attached to an aromatic ring is 1. The summed E-state index contributed by atoms with van der Waals surface area (Å²) in [5.41, 5.74) is 2.62. The Morgan fingerprint density at radius 1 is 1.38 bits per heavy atom. The van der Waals surface area contributed by atoms with Gasteiger partial charge in [0, 0.05) is 24.7 Å². The predicted octanol–water partition coefficient (Wildman–Crippen LogP) is 0.884. The zero-order chi connectivity index (χ0) is 15.0. The summed E-state index contributed by atoms with van der Waals surface area (Å²) in [7, 11) is 0. The Bertz CT molecular complexity index is 580. The molecule has 2 saturated heterocycles. The van der Waals surface area contributed by atoms with Gasteiger partial charge in [0.05, 0.1) is 17.1 Å². The Morgan fingerprint density at radius 3 is 2.62 bits per heavy atom. The minimum absolute atomic E-state index is 0.109. The van der Waals surface area contributed by atoms with Gasteiger partial charge in [0.15, 0.2) is 0 Å². The summed E-state index contributed by atoms with van der Waals surface area (Å²) in [4.78, 5) is 24.6. The maximum absolute atomic E-state index is 12.5. The monoisotopic (exact) mass is 292 g/mol. The molecule has 2 fully saturated rings. The molecule has 0 aliphatic carbocycles. The van der Waals surface area contributed by atoms with E-state index < -0.39 is 4.92 Å².